The van der Waals surface area contributed by atoms with Crippen LogP contribution < -0.4 is 21.1 Å². The summed E-state index contributed by atoms with van der Waals surface area (Å²) < 4.78 is 10.5. The van der Waals surface area contributed by atoms with Crippen molar-refractivity contribution >= 4 is 40.9 Å². The molecule has 0 radical (unpaired) electrons. The van der Waals surface area contributed by atoms with E-state index in [0.29, 0.717) is 28.6 Å². The Balaban J connectivity index is 1.71. The number of nitrogens with two attached hydrogens (primary N) is 1. The minimum absolute atomic E-state index is 0.223. The van der Waals surface area contributed by atoms with Crippen molar-refractivity contribution in [1.29, 1.82) is 5.26 Å². The lowest BCUT2D eigenvalue weighted by Gasteiger charge is -2.17. The van der Waals surface area contributed by atoms with Gasteiger partial charge in [-0.2, -0.15) is 5.26 Å². The molecule has 0 spiro atoms. The van der Waals surface area contributed by atoms with Gasteiger partial charge >= 0.3 is 6.09 Å². The number of aryl methyl sites for hydroxylation is 1. The van der Waals surface area contributed by atoms with E-state index in [0.717, 1.165) is 11.1 Å². The number of hydrogen-bond acceptors (Lipinski definition) is 7. The molecule has 0 aliphatic carbocycles. The van der Waals surface area contributed by atoms with Gasteiger partial charge in [-0.3, -0.25) is 4.79 Å². The topological polar surface area (TPSA) is 139 Å². The number of carbonyl (C=O) groups is 2. The number of nitriles is 1. The van der Waals surface area contributed by atoms with Crippen LogP contribution in [-0.2, 0) is 10.2 Å². The normalized spacial score (nSPS) is 10.6. The van der Waals surface area contributed by atoms with Gasteiger partial charge in [0.05, 0.1) is 17.7 Å². The van der Waals surface area contributed by atoms with Crippen molar-refractivity contribution in [2.24, 2.45) is 5.73 Å². The highest BCUT2D eigenvalue weighted by atomic mass is 32.1. The third-order valence-corrected chi connectivity index (χ3v) is 5.14. The summed E-state index contributed by atoms with van der Waals surface area (Å²) in [5.41, 5.74) is 6.79. The molecule has 2 aromatic carbocycles. The number of benzene rings is 2. The van der Waals surface area contributed by atoms with Gasteiger partial charge in [0, 0.05) is 17.3 Å². The summed E-state index contributed by atoms with van der Waals surface area (Å²) in [6.07, 6.45) is 0.436. The first-order chi connectivity index (χ1) is 16.6. The second-order valence-electron chi connectivity index (χ2n) is 8.07. The fraction of sp³-hybridized carbons (Fsp3) is 0.160. The Labute approximate surface area is 207 Å². The van der Waals surface area contributed by atoms with Crippen LogP contribution in [0.1, 0.15) is 35.3 Å². The van der Waals surface area contributed by atoms with Crippen LogP contribution in [0.2, 0.25) is 0 Å². The molecule has 3 aromatic rings. The standard InChI is InChI=1S/C25H23N5O4S/c1-15-7-8-18(29-22(31)16-5-4-6-17(11-16)25(2,3)14-26)12-20(15)33-19-9-10-21(28-13-19)30-24(35)34-23(27)32/h4-13H,1-3H3,(H2,27,32)(H,29,31)(H,28,30,35). The molecule has 9 nitrogen and oxygen atoms in total. The summed E-state index contributed by atoms with van der Waals surface area (Å²) in [5, 5.41) is 14.6. The molecule has 0 atom stereocenters. The second-order valence-corrected chi connectivity index (χ2v) is 8.44. The molecule has 35 heavy (non-hydrogen) atoms. The summed E-state index contributed by atoms with van der Waals surface area (Å²) >= 11 is 4.83. The van der Waals surface area contributed by atoms with Crippen molar-refractivity contribution in [3.8, 4) is 17.6 Å². The lowest BCUT2D eigenvalue weighted by molar-refractivity contribution is 0.102. The van der Waals surface area contributed by atoms with E-state index in [1.807, 2.05) is 19.1 Å². The molecule has 0 fully saturated rings. The highest BCUT2D eigenvalue weighted by molar-refractivity contribution is 7.80. The summed E-state index contributed by atoms with van der Waals surface area (Å²) in [6.45, 7) is 5.47. The van der Waals surface area contributed by atoms with Crippen molar-refractivity contribution in [3.63, 3.8) is 0 Å². The van der Waals surface area contributed by atoms with Gasteiger partial charge in [0.1, 0.15) is 17.3 Å². The number of aromatic nitrogens is 1. The van der Waals surface area contributed by atoms with E-state index in [1.165, 1.54) is 6.20 Å². The van der Waals surface area contributed by atoms with Crippen LogP contribution in [0.25, 0.3) is 0 Å². The van der Waals surface area contributed by atoms with Gasteiger partial charge in [-0.05, 0) is 74.4 Å². The predicted octanol–water partition coefficient (Wildman–Crippen LogP) is 5.03. The van der Waals surface area contributed by atoms with E-state index in [2.05, 4.69) is 26.4 Å². The number of nitrogens with zero attached hydrogens (tertiary/aromatic N) is 2. The number of anilines is 2. The molecule has 1 heterocycles. The van der Waals surface area contributed by atoms with E-state index in [4.69, 9.17) is 22.7 Å². The monoisotopic (exact) mass is 489 g/mol. The number of primary amides is 1. The maximum atomic E-state index is 12.8. The Morgan fingerprint density at radius 3 is 2.54 bits per heavy atom. The van der Waals surface area contributed by atoms with Crippen LogP contribution in [0.3, 0.4) is 0 Å². The summed E-state index contributed by atoms with van der Waals surface area (Å²) in [4.78, 5) is 27.7. The number of nitrogens with one attached hydrogen (secondary N) is 2. The van der Waals surface area contributed by atoms with Crippen LogP contribution in [0.15, 0.2) is 60.8 Å². The Morgan fingerprint density at radius 1 is 1.11 bits per heavy atom. The van der Waals surface area contributed by atoms with Crippen LogP contribution in [-0.4, -0.2) is 22.2 Å². The third-order valence-electron chi connectivity index (χ3n) is 4.96. The number of carbonyl (C=O) groups excluding carboxylic acids is 2. The molecule has 2 amide bonds. The smallest absolute Gasteiger partial charge is 0.411 e. The quantitative estimate of drug-likeness (QED) is 0.410. The summed E-state index contributed by atoms with van der Waals surface area (Å²) in [7, 11) is 0. The van der Waals surface area contributed by atoms with Crippen molar-refractivity contribution < 1.29 is 19.1 Å². The number of amides is 2. The third kappa shape index (κ3) is 6.75. The highest BCUT2D eigenvalue weighted by Crippen LogP contribution is 2.29. The van der Waals surface area contributed by atoms with Gasteiger partial charge in [0.15, 0.2) is 0 Å². The van der Waals surface area contributed by atoms with E-state index in [9.17, 15) is 14.9 Å². The SMILES string of the molecule is Cc1ccc(NC(=O)c2cccc(C(C)(C)C#N)c2)cc1Oc1ccc(NC(=S)OC(N)=O)nc1. The molecule has 0 saturated heterocycles. The van der Waals surface area contributed by atoms with Crippen molar-refractivity contribution in [1.82, 2.24) is 4.98 Å². The maximum absolute atomic E-state index is 12.8. The predicted molar refractivity (Wildman–Crippen MR) is 135 cm³/mol. The van der Waals surface area contributed by atoms with Gasteiger partial charge in [0.25, 0.3) is 11.1 Å². The lowest BCUT2D eigenvalue weighted by atomic mass is 9.85. The van der Waals surface area contributed by atoms with Crippen molar-refractivity contribution in [3.05, 3.63) is 77.5 Å². The van der Waals surface area contributed by atoms with Crippen LogP contribution in [0.5, 0.6) is 11.5 Å². The first-order valence-corrected chi connectivity index (χ1v) is 10.8. The van der Waals surface area contributed by atoms with Crippen molar-refractivity contribution in [2.75, 3.05) is 10.6 Å². The zero-order chi connectivity index (χ0) is 25.6. The number of ether oxygens (including phenoxy) is 2. The molecule has 0 unspecified atom stereocenters. The molecular formula is C25H23N5O4S. The average Bonchev–Trinajstić information content (AvgIpc) is 2.82. The molecule has 0 bridgehead atoms. The number of thiocarbonyl (C=S) groups is 1. The number of rotatable bonds is 6. The molecule has 3 rings (SSSR count). The molecule has 4 N–H and O–H groups in total. The fourth-order valence-electron chi connectivity index (χ4n) is 2.97. The molecule has 178 valence electrons. The zero-order valence-corrected chi connectivity index (χ0v) is 20.1. The first kappa shape index (κ1) is 25.1. The number of pyridine rings is 1. The van der Waals surface area contributed by atoms with Gasteiger partial charge < -0.3 is 25.8 Å². The highest BCUT2D eigenvalue weighted by Gasteiger charge is 2.21. The molecule has 0 saturated carbocycles. The van der Waals surface area contributed by atoms with Crippen LogP contribution in [0, 0.1) is 18.3 Å². The summed E-state index contributed by atoms with van der Waals surface area (Å²) in [5.74, 6) is 0.998. The van der Waals surface area contributed by atoms with Crippen molar-refractivity contribution in [2.45, 2.75) is 26.2 Å². The minimum atomic E-state index is -1.02. The molecular weight excluding hydrogens is 466 g/mol. The molecule has 0 aliphatic heterocycles. The maximum Gasteiger partial charge on any atom is 0.411 e. The average molecular weight is 490 g/mol. The van der Waals surface area contributed by atoms with Gasteiger partial charge in [-0.25, -0.2) is 9.78 Å². The lowest BCUT2D eigenvalue weighted by Crippen LogP contribution is -2.22. The first-order valence-electron chi connectivity index (χ1n) is 10.4. The minimum Gasteiger partial charge on any atom is -0.455 e. The molecule has 10 heteroatoms. The van der Waals surface area contributed by atoms with Gasteiger partial charge in [-0.15, -0.1) is 0 Å². The van der Waals surface area contributed by atoms with E-state index in [1.54, 1.807) is 56.3 Å². The van der Waals surface area contributed by atoms with Gasteiger partial charge in [-0.1, -0.05) is 18.2 Å². The largest absolute Gasteiger partial charge is 0.455 e. The van der Waals surface area contributed by atoms with Gasteiger partial charge in [0.2, 0.25) is 0 Å². The molecule has 1 aromatic heterocycles. The van der Waals surface area contributed by atoms with E-state index < -0.39 is 11.5 Å². The van der Waals surface area contributed by atoms with Crippen LogP contribution >= 0.6 is 12.2 Å². The van der Waals surface area contributed by atoms with Crippen LogP contribution in [0.4, 0.5) is 16.3 Å². The summed E-state index contributed by atoms with van der Waals surface area (Å²) in [6, 6.07) is 17.8. The number of hydrogen-bond donors (Lipinski definition) is 3. The Kier molecular flexibility index (Phi) is 7.63. The Hall–Kier alpha value is -4.49. The van der Waals surface area contributed by atoms with E-state index in [-0.39, 0.29) is 11.1 Å². The Bertz CT molecular complexity index is 1320. The van der Waals surface area contributed by atoms with E-state index >= 15 is 0 Å². The zero-order valence-electron chi connectivity index (χ0n) is 19.3. The fourth-order valence-corrected chi connectivity index (χ4v) is 3.15. The second kappa shape index (κ2) is 10.6. The Morgan fingerprint density at radius 2 is 1.89 bits per heavy atom. The molecule has 0 aliphatic rings.